The lowest BCUT2D eigenvalue weighted by molar-refractivity contribution is 0.101. The normalized spacial score (nSPS) is 19.5. The highest BCUT2D eigenvalue weighted by molar-refractivity contribution is 6.02. The van der Waals surface area contributed by atoms with E-state index in [0.717, 1.165) is 23.9 Å². The fourth-order valence-corrected chi connectivity index (χ4v) is 4.45. The molecule has 1 aromatic heterocycles. The number of amides is 1. The summed E-state index contributed by atoms with van der Waals surface area (Å²) in [5.41, 5.74) is 6.87. The molecule has 0 aliphatic carbocycles. The van der Waals surface area contributed by atoms with Gasteiger partial charge < -0.3 is 0 Å². The molecule has 0 radical (unpaired) electrons. The summed E-state index contributed by atoms with van der Waals surface area (Å²) in [6, 6.07) is 14.3. The van der Waals surface area contributed by atoms with E-state index in [1.807, 2.05) is 24.4 Å². The lowest BCUT2D eigenvalue weighted by atomic mass is 9.94. The molecule has 1 amide bonds. The third-order valence-electron chi connectivity index (χ3n) is 5.91. The molecule has 1 fully saturated rings. The smallest absolute Gasteiger partial charge is 0.270 e. The third-order valence-corrected chi connectivity index (χ3v) is 5.91. The van der Waals surface area contributed by atoms with Crippen LogP contribution < -0.4 is 5.43 Å². The van der Waals surface area contributed by atoms with Crippen LogP contribution in [0.2, 0.25) is 0 Å². The number of hydrogen-bond acceptors (Lipinski definition) is 2. The van der Waals surface area contributed by atoms with Crippen molar-refractivity contribution in [3.8, 4) is 0 Å². The molecule has 28 heavy (non-hydrogen) atoms. The lowest BCUT2D eigenvalue weighted by Crippen LogP contribution is -2.32. The second-order valence-electron chi connectivity index (χ2n) is 7.60. The summed E-state index contributed by atoms with van der Waals surface area (Å²) in [6.45, 7) is 2.20. The van der Waals surface area contributed by atoms with Crippen molar-refractivity contribution in [3.63, 3.8) is 0 Å². The van der Waals surface area contributed by atoms with E-state index in [4.69, 9.17) is 0 Å². The van der Waals surface area contributed by atoms with Crippen molar-refractivity contribution in [3.05, 3.63) is 77.7 Å². The number of nitrogens with zero attached hydrogens (tertiary/aromatic N) is 2. The Labute approximate surface area is 163 Å². The van der Waals surface area contributed by atoms with Crippen LogP contribution in [0, 0.1) is 5.82 Å². The molecule has 1 saturated heterocycles. The fourth-order valence-electron chi connectivity index (χ4n) is 4.45. The number of benzene rings is 2. The van der Waals surface area contributed by atoms with Gasteiger partial charge in [0.05, 0.1) is 5.52 Å². The molecule has 142 valence electrons. The van der Waals surface area contributed by atoms with Crippen LogP contribution in [0.1, 0.15) is 35.2 Å². The Balaban J connectivity index is 1.49. The predicted octanol–water partition coefficient (Wildman–Crippen LogP) is 4.42. The van der Waals surface area contributed by atoms with Crippen molar-refractivity contribution in [2.24, 2.45) is 0 Å². The molecule has 3 heterocycles. The topological polar surface area (TPSA) is 37.3 Å². The zero-order chi connectivity index (χ0) is 19.1. The molecule has 4 nitrogen and oxygen atoms in total. The minimum absolute atomic E-state index is 0.258. The number of halogens is 1. The van der Waals surface area contributed by atoms with Crippen LogP contribution in [0.5, 0.6) is 0 Å². The molecule has 0 saturated carbocycles. The SMILES string of the molecule is O=C(Nn1cc(C2=CCN3CCCC3C2)c2ccccc21)c1ccc(F)cc1. The van der Waals surface area contributed by atoms with E-state index < -0.39 is 0 Å². The van der Waals surface area contributed by atoms with Gasteiger partial charge in [0.25, 0.3) is 5.91 Å². The first-order chi connectivity index (χ1) is 13.7. The van der Waals surface area contributed by atoms with Crippen molar-refractivity contribution >= 4 is 22.4 Å². The van der Waals surface area contributed by atoms with Crippen molar-refractivity contribution in [1.82, 2.24) is 9.58 Å². The van der Waals surface area contributed by atoms with Gasteiger partial charge in [-0.15, -0.1) is 0 Å². The molecule has 1 N–H and O–H groups in total. The monoisotopic (exact) mass is 375 g/mol. The number of para-hydroxylation sites is 1. The van der Waals surface area contributed by atoms with Crippen LogP contribution in [0.4, 0.5) is 4.39 Å². The second-order valence-corrected chi connectivity index (χ2v) is 7.60. The molecule has 2 aromatic carbocycles. The van der Waals surface area contributed by atoms with E-state index in [0.29, 0.717) is 11.6 Å². The van der Waals surface area contributed by atoms with Crippen LogP contribution in [0.3, 0.4) is 0 Å². The second kappa shape index (κ2) is 6.91. The standard InChI is InChI=1S/C23H22FN3O/c24-18-9-7-16(8-10-18)23(28)25-27-15-21(20-5-1-2-6-22(20)27)17-11-13-26-12-3-4-19(26)14-17/h1-2,5-11,15,19H,3-4,12-14H2,(H,25,28). The number of carbonyl (C=O) groups is 1. The third kappa shape index (κ3) is 3.02. The molecule has 0 spiro atoms. The predicted molar refractivity (Wildman–Crippen MR) is 109 cm³/mol. The van der Waals surface area contributed by atoms with Gasteiger partial charge in [0.1, 0.15) is 5.82 Å². The Morgan fingerprint density at radius 3 is 2.79 bits per heavy atom. The van der Waals surface area contributed by atoms with Gasteiger partial charge in [-0.3, -0.25) is 19.8 Å². The summed E-state index contributed by atoms with van der Waals surface area (Å²) >= 11 is 0. The summed E-state index contributed by atoms with van der Waals surface area (Å²) in [5.74, 6) is -0.609. The van der Waals surface area contributed by atoms with Crippen LogP contribution in [-0.4, -0.2) is 34.6 Å². The van der Waals surface area contributed by atoms with Gasteiger partial charge in [-0.2, -0.15) is 0 Å². The molecule has 1 atom stereocenters. The fraction of sp³-hybridized carbons (Fsp3) is 0.261. The Hall–Kier alpha value is -2.92. The van der Waals surface area contributed by atoms with Gasteiger partial charge in [0, 0.05) is 35.3 Å². The Bertz CT molecular complexity index is 1070. The highest BCUT2D eigenvalue weighted by atomic mass is 19.1. The zero-order valence-electron chi connectivity index (χ0n) is 15.6. The molecular formula is C23H22FN3O. The average Bonchev–Trinajstić information content (AvgIpc) is 3.33. The number of aromatic nitrogens is 1. The van der Waals surface area contributed by atoms with Crippen LogP contribution in [-0.2, 0) is 0 Å². The number of rotatable bonds is 3. The largest absolute Gasteiger partial charge is 0.296 e. The van der Waals surface area contributed by atoms with Gasteiger partial charge in [-0.1, -0.05) is 24.3 Å². The van der Waals surface area contributed by atoms with Crippen molar-refractivity contribution in [2.45, 2.75) is 25.3 Å². The molecule has 3 aromatic rings. The molecule has 0 bridgehead atoms. The highest BCUT2D eigenvalue weighted by Gasteiger charge is 2.29. The van der Waals surface area contributed by atoms with Gasteiger partial charge >= 0.3 is 0 Å². The van der Waals surface area contributed by atoms with Crippen LogP contribution in [0.25, 0.3) is 16.5 Å². The molecular weight excluding hydrogens is 353 g/mol. The zero-order valence-corrected chi connectivity index (χ0v) is 15.6. The van der Waals surface area contributed by atoms with Gasteiger partial charge in [-0.25, -0.2) is 4.39 Å². The highest BCUT2D eigenvalue weighted by Crippen LogP contribution is 2.35. The number of hydrogen-bond donors (Lipinski definition) is 1. The summed E-state index contributed by atoms with van der Waals surface area (Å²) < 4.78 is 14.9. The van der Waals surface area contributed by atoms with Crippen molar-refractivity contribution < 1.29 is 9.18 Å². The lowest BCUT2D eigenvalue weighted by Gasteiger charge is -2.29. The maximum absolute atomic E-state index is 13.1. The molecule has 2 aliphatic rings. The van der Waals surface area contributed by atoms with Crippen LogP contribution >= 0.6 is 0 Å². The van der Waals surface area contributed by atoms with E-state index in [2.05, 4.69) is 22.5 Å². The van der Waals surface area contributed by atoms with E-state index in [-0.39, 0.29) is 11.7 Å². The minimum Gasteiger partial charge on any atom is -0.296 e. The maximum atomic E-state index is 13.1. The Morgan fingerprint density at radius 2 is 1.93 bits per heavy atom. The van der Waals surface area contributed by atoms with E-state index in [1.54, 1.807) is 4.68 Å². The Morgan fingerprint density at radius 1 is 1.11 bits per heavy atom. The number of fused-ring (bicyclic) bond motifs is 2. The summed E-state index contributed by atoms with van der Waals surface area (Å²) in [6.07, 6.45) is 7.94. The summed E-state index contributed by atoms with van der Waals surface area (Å²) in [7, 11) is 0. The van der Waals surface area contributed by atoms with Gasteiger partial charge in [0.15, 0.2) is 0 Å². The summed E-state index contributed by atoms with van der Waals surface area (Å²) in [4.78, 5) is 15.2. The van der Waals surface area contributed by atoms with Gasteiger partial charge in [0.2, 0.25) is 0 Å². The van der Waals surface area contributed by atoms with Crippen molar-refractivity contribution in [2.75, 3.05) is 18.5 Å². The molecule has 2 aliphatic heterocycles. The van der Waals surface area contributed by atoms with E-state index in [1.165, 1.54) is 54.8 Å². The van der Waals surface area contributed by atoms with Crippen LogP contribution in [0.15, 0.2) is 60.8 Å². The number of nitrogens with one attached hydrogen (secondary N) is 1. The quantitative estimate of drug-likeness (QED) is 0.736. The van der Waals surface area contributed by atoms with Crippen molar-refractivity contribution in [1.29, 1.82) is 0 Å². The Kier molecular flexibility index (Phi) is 4.24. The molecule has 5 heteroatoms. The maximum Gasteiger partial charge on any atom is 0.270 e. The number of carbonyl (C=O) groups excluding carboxylic acids is 1. The first-order valence-corrected chi connectivity index (χ1v) is 9.79. The summed E-state index contributed by atoms with van der Waals surface area (Å²) in [5, 5.41) is 1.14. The minimum atomic E-state index is -0.351. The first kappa shape index (κ1) is 17.2. The average molecular weight is 375 g/mol. The van der Waals surface area contributed by atoms with E-state index >= 15 is 0 Å². The van der Waals surface area contributed by atoms with E-state index in [9.17, 15) is 9.18 Å². The molecule has 5 rings (SSSR count). The molecule has 1 unspecified atom stereocenters. The van der Waals surface area contributed by atoms with Gasteiger partial charge in [-0.05, 0) is 61.7 Å². The first-order valence-electron chi connectivity index (χ1n) is 9.79.